The molecule has 1 atom stereocenters. The van der Waals surface area contributed by atoms with Gasteiger partial charge in [-0.25, -0.2) is 0 Å². The monoisotopic (exact) mass is 294 g/mol. The minimum atomic E-state index is 0.185. The van der Waals surface area contributed by atoms with Crippen LogP contribution in [0.25, 0.3) is 0 Å². The highest BCUT2D eigenvalue weighted by Gasteiger charge is 2.24. The van der Waals surface area contributed by atoms with Gasteiger partial charge in [-0.15, -0.1) is 0 Å². The number of H-pyrrole nitrogens is 1. The van der Waals surface area contributed by atoms with Gasteiger partial charge in [0, 0.05) is 44.8 Å². The van der Waals surface area contributed by atoms with Crippen LogP contribution in [0.1, 0.15) is 36.2 Å². The van der Waals surface area contributed by atoms with Crippen molar-refractivity contribution in [2.45, 2.75) is 33.1 Å². The number of aliphatic hydroxyl groups is 1. The third-order valence-electron chi connectivity index (χ3n) is 4.30. The number of rotatable bonds is 5. The van der Waals surface area contributed by atoms with E-state index in [1.807, 2.05) is 18.7 Å². The molecule has 1 aliphatic rings. The number of hydrogen-bond donors (Lipinski definition) is 2. The van der Waals surface area contributed by atoms with Gasteiger partial charge in [0.05, 0.1) is 12.3 Å². The molecule has 1 unspecified atom stereocenters. The SMILES string of the molecule is Cc1n[nH]c(C)c1C(C)CC(=O)N1CCN(CCO)CC1. The quantitative estimate of drug-likeness (QED) is 0.836. The molecule has 118 valence electrons. The molecule has 2 N–H and O–H groups in total. The van der Waals surface area contributed by atoms with Gasteiger partial charge in [0.15, 0.2) is 0 Å². The van der Waals surface area contributed by atoms with Crippen LogP contribution in [0.3, 0.4) is 0 Å². The first-order chi connectivity index (χ1) is 10.0. The molecule has 2 heterocycles. The van der Waals surface area contributed by atoms with Gasteiger partial charge in [0.2, 0.25) is 5.91 Å². The number of nitrogens with zero attached hydrogens (tertiary/aromatic N) is 3. The van der Waals surface area contributed by atoms with E-state index in [-0.39, 0.29) is 18.4 Å². The molecule has 6 nitrogen and oxygen atoms in total. The van der Waals surface area contributed by atoms with Gasteiger partial charge in [-0.05, 0) is 25.3 Å². The highest BCUT2D eigenvalue weighted by molar-refractivity contribution is 5.77. The highest BCUT2D eigenvalue weighted by atomic mass is 16.3. The Balaban J connectivity index is 1.88. The van der Waals surface area contributed by atoms with Crippen molar-refractivity contribution in [1.82, 2.24) is 20.0 Å². The summed E-state index contributed by atoms with van der Waals surface area (Å²) in [4.78, 5) is 16.5. The maximum Gasteiger partial charge on any atom is 0.223 e. The van der Waals surface area contributed by atoms with E-state index in [4.69, 9.17) is 5.11 Å². The zero-order chi connectivity index (χ0) is 15.4. The molecule has 1 fully saturated rings. The van der Waals surface area contributed by atoms with E-state index < -0.39 is 0 Å². The van der Waals surface area contributed by atoms with Crippen LogP contribution in [0.2, 0.25) is 0 Å². The molecule has 0 bridgehead atoms. The number of aliphatic hydroxyl groups excluding tert-OH is 1. The normalized spacial score (nSPS) is 18.0. The maximum atomic E-state index is 12.4. The van der Waals surface area contributed by atoms with Crippen molar-refractivity contribution in [2.75, 3.05) is 39.3 Å². The Kier molecular flexibility index (Phi) is 5.36. The fourth-order valence-corrected chi connectivity index (χ4v) is 3.14. The summed E-state index contributed by atoms with van der Waals surface area (Å²) >= 11 is 0. The molecule has 0 aliphatic carbocycles. The first-order valence-corrected chi connectivity index (χ1v) is 7.65. The van der Waals surface area contributed by atoms with Gasteiger partial charge in [-0.3, -0.25) is 14.8 Å². The number of aryl methyl sites for hydroxylation is 2. The summed E-state index contributed by atoms with van der Waals surface area (Å²) in [6, 6.07) is 0. The minimum absolute atomic E-state index is 0.185. The van der Waals surface area contributed by atoms with Gasteiger partial charge in [-0.2, -0.15) is 5.10 Å². The Bertz CT molecular complexity index is 459. The molecule has 1 saturated heterocycles. The second kappa shape index (κ2) is 7.04. The average molecular weight is 294 g/mol. The van der Waals surface area contributed by atoms with Crippen LogP contribution in [0.15, 0.2) is 0 Å². The number of aromatic nitrogens is 2. The third-order valence-corrected chi connectivity index (χ3v) is 4.30. The predicted octanol–water partition coefficient (Wildman–Crippen LogP) is 0.657. The Morgan fingerprint density at radius 2 is 2.00 bits per heavy atom. The predicted molar refractivity (Wildman–Crippen MR) is 81.2 cm³/mol. The highest BCUT2D eigenvalue weighted by Crippen LogP contribution is 2.25. The van der Waals surface area contributed by atoms with Crippen molar-refractivity contribution in [3.63, 3.8) is 0 Å². The lowest BCUT2D eigenvalue weighted by atomic mass is 9.95. The molecule has 0 saturated carbocycles. The largest absolute Gasteiger partial charge is 0.395 e. The van der Waals surface area contributed by atoms with Crippen LogP contribution < -0.4 is 0 Å². The average Bonchev–Trinajstić information content (AvgIpc) is 2.79. The lowest BCUT2D eigenvalue weighted by Crippen LogP contribution is -2.49. The van der Waals surface area contributed by atoms with Gasteiger partial charge in [-0.1, -0.05) is 6.92 Å². The summed E-state index contributed by atoms with van der Waals surface area (Å²) < 4.78 is 0. The molecule has 1 aliphatic heterocycles. The number of piperazine rings is 1. The summed E-state index contributed by atoms with van der Waals surface area (Å²) in [5.41, 5.74) is 3.21. The Labute approximate surface area is 126 Å². The van der Waals surface area contributed by atoms with E-state index in [1.165, 1.54) is 5.56 Å². The van der Waals surface area contributed by atoms with Crippen molar-refractivity contribution in [1.29, 1.82) is 0 Å². The Morgan fingerprint density at radius 1 is 1.33 bits per heavy atom. The number of carbonyl (C=O) groups is 1. The summed E-state index contributed by atoms with van der Waals surface area (Å²) in [6.07, 6.45) is 0.529. The molecule has 0 radical (unpaired) electrons. The smallest absolute Gasteiger partial charge is 0.223 e. The molecule has 2 rings (SSSR count). The van der Waals surface area contributed by atoms with E-state index >= 15 is 0 Å². The minimum Gasteiger partial charge on any atom is -0.395 e. The summed E-state index contributed by atoms with van der Waals surface area (Å²) in [7, 11) is 0. The van der Waals surface area contributed by atoms with Crippen LogP contribution in [-0.2, 0) is 4.79 Å². The number of nitrogens with one attached hydrogen (secondary N) is 1. The van der Waals surface area contributed by atoms with Crippen molar-refractivity contribution in [2.24, 2.45) is 0 Å². The van der Waals surface area contributed by atoms with Crippen molar-refractivity contribution in [3.05, 3.63) is 17.0 Å². The molecular weight excluding hydrogens is 268 g/mol. The van der Waals surface area contributed by atoms with E-state index in [0.29, 0.717) is 13.0 Å². The fourth-order valence-electron chi connectivity index (χ4n) is 3.14. The number of β-amino-alcohol motifs (C(OH)–C–C–N with tert-alkyl or cyclic N) is 1. The van der Waals surface area contributed by atoms with Crippen LogP contribution in [0.5, 0.6) is 0 Å². The van der Waals surface area contributed by atoms with Crippen molar-refractivity contribution < 1.29 is 9.90 Å². The Morgan fingerprint density at radius 3 is 2.52 bits per heavy atom. The first-order valence-electron chi connectivity index (χ1n) is 7.65. The first kappa shape index (κ1) is 16.0. The van der Waals surface area contributed by atoms with E-state index in [2.05, 4.69) is 22.0 Å². The van der Waals surface area contributed by atoms with Crippen LogP contribution in [0, 0.1) is 13.8 Å². The lowest BCUT2D eigenvalue weighted by molar-refractivity contribution is -0.133. The molecule has 1 aromatic heterocycles. The number of hydrogen-bond acceptors (Lipinski definition) is 4. The summed E-state index contributed by atoms with van der Waals surface area (Å²) in [5, 5.41) is 16.1. The van der Waals surface area contributed by atoms with Gasteiger partial charge < -0.3 is 10.0 Å². The van der Waals surface area contributed by atoms with Gasteiger partial charge >= 0.3 is 0 Å². The van der Waals surface area contributed by atoms with Gasteiger partial charge in [0.25, 0.3) is 0 Å². The third kappa shape index (κ3) is 3.83. The molecule has 1 amide bonds. The maximum absolute atomic E-state index is 12.4. The van der Waals surface area contributed by atoms with Gasteiger partial charge in [0.1, 0.15) is 0 Å². The number of carbonyl (C=O) groups excluding carboxylic acids is 1. The molecular formula is C15H26N4O2. The number of aromatic amines is 1. The standard InChI is InChI=1S/C15H26N4O2/c1-11(15-12(2)16-17-13(15)3)10-14(21)19-6-4-18(5-7-19)8-9-20/h11,20H,4-10H2,1-3H3,(H,16,17). The molecule has 1 aromatic rings. The van der Waals surface area contributed by atoms with E-state index in [0.717, 1.165) is 37.6 Å². The second-order valence-electron chi connectivity index (χ2n) is 5.90. The summed E-state index contributed by atoms with van der Waals surface area (Å²) in [6.45, 7) is 10.2. The fraction of sp³-hybridized carbons (Fsp3) is 0.733. The molecule has 0 spiro atoms. The van der Waals surface area contributed by atoms with Crippen LogP contribution in [0.4, 0.5) is 0 Å². The molecule has 0 aromatic carbocycles. The zero-order valence-corrected chi connectivity index (χ0v) is 13.2. The van der Waals surface area contributed by atoms with Crippen molar-refractivity contribution in [3.8, 4) is 0 Å². The van der Waals surface area contributed by atoms with Crippen molar-refractivity contribution >= 4 is 5.91 Å². The molecule has 21 heavy (non-hydrogen) atoms. The van der Waals surface area contributed by atoms with E-state index in [9.17, 15) is 4.79 Å². The summed E-state index contributed by atoms with van der Waals surface area (Å²) in [5.74, 6) is 0.401. The van der Waals surface area contributed by atoms with E-state index in [1.54, 1.807) is 0 Å². The van der Waals surface area contributed by atoms with Crippen LogP contribution >= 0.6 is 0 Å². The number of amides is 1. The topological polar surface area (TPSA) is 72.5 Å². The zero-order valence-electron chi connectivity index (χ0n) is 13.2. The lowest BCUT2D eigenvalue weighted by Gasteiger charge is -2.34. The van der Waals surface area contributed by atoms with Crippen LogP contribution in [-0.4, -0.2) is 70.3 Å². The molecule has 6 heteroatoms. The Hall–Kier alpha value is -1.40. The second-order valence-corrected chi connectivity index (χ2v) is 5.90.